The molecule has 0 atom stereocenters. The molecule has 0 fully saturated rings. The minimum Gasteiger partial charge on any atom is -0.384 e. The molecule has 0 aliphatic carbocycles. The molecule has 0 aromatic heterocycles. The average Bonchev–Trinajstić information content (AvgIpc) is 2.89. The minimum atomic E-state index is -0.209. The Hall–Kier alpha value is -2.04. The summed E-state index contributed by atoms with van der Waals surface area (Å²) in [5.41, 5.74) is 2.85. The highest BCUT2D eigenvalue weighted by Crippen LogP contribution is 2.22. The zero-order valence-electron chi connectivity index (χ0n) is 12.0. The van der Waals surface area contributed by atoms with Crippen molar-refractivity contribution in [3.63, 3.8) is 0 Å². The van der Waals surface area contributed by atoms with Crippen molar-refractivity contribution in [1.82, 2.24) is 10.6 Å². The van der Waals surface area contributed by atoms with Crippen LogP contribution < -0.4 is 16.0 Å². The lowest BCUT2D eigenvalue weighted by Crippen LogP contribution is -2.38. The van der Waals surface area contributed by atoms with E-state index in [9.17, 15) is 9.59 Å². The Morgan fingerprint density at radius 3 is 2.85 bits per heavy atom. The van der Waals surface area contributed by atoms with Crippen LogP contribution in [0.15, 0.2) is 18.2 Å². The highest BCUT2D eigenvalue weighted by Gasteiger charge is 2.14. The summed E-state index contributed by atoms with van der Waals surface area (Å²) in [4.78, 5) is 23.5. The summed E-state index contributed by atoms with van der Waals surface area (Å²) < 4.78 is 0. The zero-order chi connectivity index (χ0) is 14.5. The normalized spacial score (nSPS) is 12.8. The lowest BCUT2D eigenvalue weighted by Gasteiger charge is -2.09. The third kappa shape index (κ3) is 3.73. The van der Waals surface area contributed by atoms with Gasteiger partial charge in [-0.25, -0.2) is 0 Å². The topological polar surface area (TPSA) is 70.2 Å². The maximum atomic E-state index is 12.0. The highest BCUT2D eigenvalue weighted by molar-refractivity contribution is 5.97. The van der Waals surface area contributed by atoms with E-state index in [4.69, 9.17) is 0 Å². The number of anilines is 1. The smallest absolute Gasteiger partial charge is 0.251 e. The molecule has 2 rings (SSSR count). The summed E-state index contributed by atoms with van der Waals surface area (Å²) in [5.74, 6) is 0.0353. The molecule has 5 nitrogen and oxygen atoms in total. The van der Waals surface area contributed by atoms with Crippen LogP contribution in [0.1, 0.15) is 29.8 Å². The fraction of sp³-hybridized carbons (Fsp3) is 0.467. The summed E-state index contributed by atoms with van der Waals surface area (Å²) in [6.45, 7) is 5.60. The number of hydrogen-bond acceptors (Lipinski definition) is 3. The Balaban J connectivity index is 1.84. The van der Waals surface area contributed by atoms with Crippen LogP contribution in [0.4, 0.5) is 5.69 Å². The minimum absolute atomic E-state index is 0.0148. The quantitative estimate of drug-likeness (QED) is 0.755. The Bertz CT molecular complexity index is 512. The Morgan fingerprint density at radius 1 is 1.30 bits per heavy atom. The van der Waals surface area contributed by atoms with Gasteiger partial charge in [0.15, 0.2) is 0 Å². The monoisotopic (exact) mass is 275 g/mol. The first-order valence-electron chi connectivity index (χ1n) is 6.98. The number of nitrogens with one attached hydrogen (secondary N) is 3. The predicted molar refractivity (Wildman–Crippen MR) is 78.8 cm³/mol. The molecule has 0 saturated heterocycles. The van der Waals surface area contributed by atoms with Crippen LogP contribution in [0.5, 0.6) is 0 Å². The fourth-order valence-corrected chi connectivity index (χ4v) is 2.09. The third-order valence-corrected chi connectivity index (χ3v) is 3.19. The molecule has 3 N–H and O–H groups in total. The zero-order valence-corrected chi connectivity index (χ0v) is 12.0. The van der Waals surface area contributed by atoms with E-state index >= 15 is 0 Å². The van der Waals surface area contributed by atoms with Crippen molar-refractivity contribution in [2.24, 2.45) is 5.92 Å². The summed E-state index contributed by atoms with van der Waals surface area (Å²) in [6, 6.07) is 5.57. The van der Waals surface area contributed by atoms with E-state index in [1.165, 1.54) is 0 Å². The van der Waals surface area contributed by atoms with E-state index in [1.54, 1.807) is 6.07 Å². The molecule has 0 radical (unpaired) electrons. The van der Waals surface area contributed by atoms with Crippen molar-refractivity contribution in [2.75, 3.05) is 25.0 Å². The number of hydrogen-bond donors (Lipinski definition) is 3. The van der Waals surface area contributed by atoms with E-state index in [-0.39, 0.29) is 18.4 Å². The van der Waals surface area contributed by atoms with Gasteiger partial charge in [-0.3, -0.25) is 9.59 Å². The van der Waals surface area contributed by atoms with E-state index in [0.717, 1.165) is 24.2 Å². The Kier molecular flexibility index (Phi) is 4.61. The van der Waals surface area contributed by atoms with Crippen LogP contribution in [-0.2, 0) is 11.2 Å². The van der Waals surface area contributed by atoms with E-state index in [0.29, 0.717) is 18.0 Å². The van der Waals surface area contributed by atoms with Crippen LogP contribution in [0.2, 0.25) is 0 Å². The molecule has 0 bridgehead atoms. The molecule has 0 unspecified atom stereocenters. The second-order valence-corrected chi connectivity index (χ2v) is 5.43. The number of carbonyl (C=O) groups is 2. The van der Waals surface area contributed by atoms with Crippen molar-refractivity contribution in [2.45, 2.75) is 20.3 Å². The molecule has 0 spiro atoms. The van der Waals surface area contributed by atoms with Gasteiger partial charge in [-0.15, -0.1) is 0 Å². The molecule has 108 valence electrons. The predicted octanol–water partition coefficient (Wildman–Crippen LogP) is 1.16. The van der Waals surface area contributed by atoms with Crippen molar-refractivity contribution in [3.05, 3.63) is 29.3 Å². The molecule has 20 heavy (non-hydrogen) atoms. The van der Waals surface area contributed by atoms with Crippen LogP contribution in [0.25, 0.3) is 0 Å². The van der Waals surface area contributed by atoms with Gasteiger partial charge in [-0.05, 0) is 36.1 Å². The first kappa shape index (κ1) is 14.4. The van der Waals surface area contributed by atoms with Gasteiger partial charge in [0, 0.05) is 24.3 Å². The molecule has 2 amide bonds. The number of benzene rings is 1. The lowest BCUT2D eigenvalue weighted by atomic mass is 10.1. The van der Waals surface area contributed by atoms with Gasteiger partial charge < -0.3 is 16.0 Å². The van der Waals surface area contributed by atoms with E-state index in [2.05, 4.69) is 16.0 Å². The van der Waals surface area contributed by atoms with Crippen LogP contribution in [0.3, 0.4) is 0 Å². The number of fused-ring (bicyclic) bond motifs is 1. The van der Waals surface area contributed by atoms with Gasteiger partial charge in [0.1, 0.15) is 0 Å². The van der Waals surface area contributed by atoms with Crippen LogP contribution in [0, 0.1) is 5.92 Å². The van der Waals surface area contributed by atoms with Gasteiger partial charge in [0.25, 0.3) is 5.91 Å². The first-order chi connectivity index (χ1) is 9.56. The lowest BCUT2D eigenvalue weighted by molar-refractivity contribution is -0.120. The SMILES string of the molecule is CC(C)CNC(=O)CNC(=O)c1ccc2c(c1)CCN2. The molecule has 5 heteroatoms. The molecule has 1 aliphatic rings. The van der Waals surface area contributed by atoms with Crippen molar-refractivity contribution in [3.8, 4) is 0 Å². The molecule has 1 aromatic carbocycles. The number of carbonyl (C=O) groups excluding carboxylic acids is 2. The molecule has 0 saturated carbocycles. The van der Waals surface area contributed by atoms with Crippen molar-refractivity contribution >= 4 is 17.5 Å². The first-order valence-corrected chi connectivity index (χ1v) is 6.98. The van der Waals surface area contributed by atoms with Gasteiger partial charge in [0.05, 0.1) is 6.54 Å². The van der Waals surface area contributed by atoms with Gasteiger partial charge in [-0.2, -0.15) is 0 Å². The molecule has 1 aliphatic heterocycles. The molecular formula is C15H21N3O2. The van der Waals surface area contributed by atoms with Gasteiger partial charge in [-0.1, -0.05) is 13.8 Å². The van der Waals surface area contributed by atoms with Crippen LogP contribution in [-0.4, -0.2) is 31.4 Å². The maximum Gasteiger partial charge on any atom is 0.251 e. The summed E-state index contributed by atoms with van der Waals surface area (Å²) in [6.07, 6.45) is 0.936. The summed E-state index contributed by atoms with van der Waals surface area (Å²) in [5, 5.41) is 8.66. The van der Waals surface area contributed by atoms with E-state index in [1.807, 2.05) is 26.0 Å². The molecular weight excluding hydrogens is 254 g/mol. The van der Waals surface area contributed by atoms with Crippen molar-refractivity contribution < 1.29 is 9.59 Å². The second-order valence-electron chi connectivity index (χ2n) is 5.43. The third-order valence-electron chi connectivity index (χ3n) is 3.19. The highest BCUT2D eigenvalue weighted by atomic mass is 16.2. The Morgan fingerprint density at radius 2 is 2.10 bits per heavy atom. The van der Waals surface area contributed by atoms with Crippen LogP contribution >= 0.6 is 0 Å². The largest absolute Gasteiger partial charge is 0.384 e. The number of rotatable bonds is 5. The standard InChI is InChI=1S/C15H21N3O2/c1-10(2)8-17-14(19)9-18-15(20)12-3-4-13-11(7-12)5-6-16-13/h3-4,7,10,16H,5-6,8-9H2,1-2H3,(H,17,19)(H,18,20). The summed E-state index contributed by atoms with van der Waals surface area (Å²) in [7, 11) is 0. The van der Waals surface area contributed by atoms with Gasteiger partial charge >= 0.3 is 0 Å². The van der Waals surface area contributed by atoms with Gasteiger partial charge in [0.2, 0.25) is 5.91 Å². The summed E-state index contributed by atoms with van der Waals surface area (Å²) >= 11 is 0. The second kappa shape index (κ2) is 6.41. The van der Waals surface area contributed by atoms with Crippen molar-refractivity contribution in [1.29, 1.82) is 0 Å². The molecule has 1 heterocycles. The Labute approximate surface area is 119 Å². The maximum absolute atomic E-state index is 12.0. The van der Waals surface area contributed by atoms with E-state index < -0.39 is 0 Å². The average molecular weight is 275 g/mol. The molecule has 1 aromatic rings. The fourth-order valence-electron chi connectivity index (χ4n) is 2.09. The number of amides is 2.